The van der Waals surface area contributed by atoms with Crippen LogP contribution in [0.5, 0.6) is 5.75 Å². The molecule has 1 saturated heterocycles. The fourth-order valence-electron chi connectivity index (χ4n) is 3.42. The zero-order valence-electron chi connectivity index (χ0n) is 15.1. The summed E-state index contributed by atoms with van der Waals surface area (Å²) in [5.41, 5.74) is 3.21. The molecule has 4 rings (SSSR count). The molecule has 1 N–H and O–H groups in total. The molecule has 0 saturated carbocycles. The van der Waals surface area contributed by atoms with Crippen LogP contribution in [-0.2, 0) is 11.2 Å². The van der Waals surface area contributed by atoms with E-state index < -0.39 is 5.76 Å². The Labute approximate surface area is 156 Å². The Kier molecular flexibility index (Phi) is 4.58. The maximum atomic E-state index is 12.6. The van der Waals surface area contributed by atoms with Crippen molar-refractivity contribution in [1.29, 1.82) is 0 Å². The van der Waals surface area contributed by atoms with Gasteiger partial charge in [-0.15, -0.1) is 0 Å². The van der Waals surface area contributed by atoms with Gasteiger partial charge < -0.3 is 19.0 Å². The van der Waals surface area contributed by atoms with Crippen molar-refractivity contribution in [2.75, 3.05) is 38.2 Å². The number of nitrogens with one attached hydrogen (secondary N) is 1. The Balaban J connectivity index is 1.38. The molecular weight excluding hydrogens is 346 g/mol. The van der Waals surface area contributed by atoms with Crippen LogP contribution in [0.15, 0.2) is 51.7 Å². The van der Waals surface area contributed by atoms with Crippen LogP contribution in [0, 0.1) is 0 Å². The normalized spacial score (nSPS) is 14.6. The van der Waals surface area contributed by atoms with Crippen LogP contribution in [0.4, 0.5) is 5.69 Å². The zero-order valence-corrected chi connectivity index (χ0v) is 15.1. The number of hydrogen-bond donors (Lipinski definition) is 1. The molecule has 0 bridgehead atoms. The van der Waals surface area contributed by atoms with Gasteiger partial charge in [0.15, 0.2) is 5.58 Å². The molecule has 7 heteroatoms. The number of oxazole rings is 1. The van der Waals surface area contributed by atoms with E-state index in [2.05, 4.69) is 9.88 Å². The monoisotopic (exact) mass is 367 g/mol. The van der Waals surface area contributed by atoms with Crippen molar-refractivity contribution in [2.45, 2.75) is 6.42 Å². The number of amides is 1. The molecule has 1 aromatic heterocycles. The number of benzene rings is 2. The minimum Gasteiger partial charge on any atom is -0.497 e. The Morgan fingerprint density at radius 2 is 1.96 bits per heavy atom. The van der Waals surface area contributed by atoms with Crippen molar-refractivity contribution < 1.29 is 13.9 Å². The van der Waals surface area contributed by atoms with E-state index in [1.165, 1.54) is 0 Å². The van der Waals surface area contributed by atoms with E-state index in [4.69, 9.17) is 9.15 Å². The number of H-pyrrole nitrogens is 1. The SMILES string of the molecule is COc1cccc(CC(=O)N2CCN(c3ccc4oc(=O)[nH]c4c3)CC2)c1. The van der Waals surface area contributed by atoms with Gasteiger partial charge in [-0.05, 0) is 35.9 Å². The van der Waals surface area contributed by atoms with E-state index in [1.54, 1.807) is 13.2 Å². The molecule has 0 spiro atoms. The lowest BCUT2D eigenvalue weighted by Crippen LogP contribution is -2.49. The first-order valence-electron chi connectivity index (χ1n) is 8.91. The minimum absolute atomic E-state index is 0.123. The van der Waals surface area contributed by atoms with Gasteiger partial charge in [-0.3, -0.25) is 9.78 Å². The van der Waals surface area contributed by atoms with E-state index in [-0.39, 0.29) is 5.91 Å². The van der Waals surface area contributed by atoms with Crippen LogP contribution in [0.25, 0.3) is 11.1 Å². The largest absolute Gasteiger partial charge is 0.497 e. The van der Waals surface area contributed by atoms with Crippen molar-refractivity contribution in [3.8, 4) is 5.75 Å². The number of anilines is 1. The number of aromatic nitrogens is 1. The third-order valence-electron chi connectivity index (χ3n) is 4.89. The lowest BCUT2D eigenvalue weighted by atomic mass is 10.1. The zero-order chi connectivity index (χ0) is 18.8. The van der Waals surface area contributed by atoms with Crippen LogP contribution in [0.1, 0.15) is 5.56 Å². The first-order valence-corrected chi connectivity index (χ1v) is 8.91. The number of piperazine rings is 1. The third kappa shape index (κ3) is 3.67. The topological polar surface area (TPSA) is 78.8 Å². The number of ether oxygens (including phenoxy) is 1. The molecule has 2 aromatic carbocycles. The summed E-state index contributed by atoms with van der Waals surface area (Å²) in [6.07, 6.45) is 0.374. The highest BCUT2D eigenvalue weighted by molar-refractivity contribution is 5.80. The second kappa shape index (κ2) is 7.19. The summed E-state index contributed by atoms with van der Waals surface area (Å²) >= 11 is 0. The van der Waals surface area contributed by atoms with Crippen molar-refractivity contribution in [2.24, 2.45) is 0 Å². The molecule has 0 aliphatic carbocycles. The van der Waals surface area contributed by atoms with Crippen molar-refractivity contribution >= 4 is 22.7 Å². The first kappa shape index (κ1) is 17.2. The highest BCUT2D eigenvalue weighted by atomic mass is 16.5. The van der Waals surface area contributed by atoms with Crippen molar-refractivity contribution in [3.05, 3.63) is 58.6 Å². The van der Waals surface area contributed by atoms with Crippen LogP contribution >= 0.6 is 0 Å². The lowest BCUT2D eigenvalue weighted by molar-refractivity contribution is -0.130. The minimum atomic E-state index is -0.449. The van der Waals surface area contributed by atoms with E-state index in [9.17, 15) is 9.59 Å². The molecule has 0 unspecified atom stereocenters. The summed E-state index contributed by atoms with van der Waals surface area (Å²) in [6, 6.07) is 13.3. The molecule has 2 heterocycles. The Morgan fingerprint density at radius 3 is 2.74 bits per heavy atom. The third-order valence-corrected chi connectivity index (χ3v) is 4.89. The lowest BCUT2D eigenvalue weighted by Gasteiger charge is -2.36. The molecule has 140 valence electrons. The van der Waals surface area contributed by atoms with Crippen molar-refractivity contribution in [1.82, 2.24) is 9.88 Å². The van der Waals surface area contributed by atoms with Gasteiger partial charge in [0, 0.05) is 31.9 Å². The van der Waals surface area contributed by atoms with E-state index in [0.29, 0.717) is 30.6 Å². The predicted molar refractivity (Wildman–Crippen MR) is 102 cm³/mol. The maximum Gasteiger partial charge on any atom is 0.417 e. The Morgan fingerprint density at radius 1 is 1.15 bits per heavy atom. The van der Waals surface area contributed by atoms with E-state index in [0.717, 1.165) is 30.1 Å². The number of methoxy groups -OCH3 is 1. The average molecular weight is 367 g/mol. The summed E-state index contributed by atoms with van der Waals surface area (Å²) in [5.74, 6) is 0.436. The van der Waals surface area contributed by atoms with Gasteiger partial charge in [0.05, 0.1) is 19.0 Å². The number of fused-ring (bicyclic) bond motifs is 1. The van der Waals surface area contributed by atoms with Gasteiger partial charge in [-0.25, -0.2) is 4.79 Å². The fraction of sp³-hybridized carbons (Fsp3) is 0.300. The van der Waals surface area contributed by atoms with Crippen LogP contribution in [-0.4, -0.2) is 49.1 Å². The first-order chi connectivity index (χ1) is 13.1. The summed E-state index contributed by atoms with van der Waals surface area (Å²) in [6.45, 7) is 2.83. The number of carbonyl (C=O) groups excluding carboxylic acids is 1. The smallest absolute Gasteiger partial charge is 0.417 e. The van der Waals surface area contributed by atoms with E-state index in [1.807, 2.05) is 41.3 Å². The molecule has 7 nitrogen and oxygen atoms in total. The summed E-state index contributed by atoms with van der Waals surface area (Å²) in [4.78, 5) is 30.7. The second-order valence-electron chi connectivity index (χ2n) is 6.59. The van der Waals surface area contributed by atoms with Gasteiger partial charge >= 0.3 is 5.76 Å². The quantitative estimate of drug-likeness (QED) is 0.763. The standard InChI is InChI=1S/C20H21N3O4/c1-26-16-4-2-3-14(11-16)12-19(24)23-9-7-22(8-10-23)15-5-6-18-17(13-15)21-20(25)27-18/h2-6,11,13H,7-10,12H2,1H3,(H,21,25). The fourth-order valence-corrected chi connectivity index (χ4v) is 3.42. The Hall–Kier alpha value is -3.22. The highest BCUT2D eigenvalue weighted by Crippen LogP contribution is 2.22. The maximum absolute atomic E-state index is 12.6. The number of hydrogen-bond acceptors (Lipinski definition) is 5. The van der Waals surface area contributed by atoms with Gasteiger partial charge in [-0.2, -0.15) is 0 Å². The van der Waals surface area contributed by atoms with Crippen LogP contribution < -0.4 is 15.4 Å². The average Bonchev–Trinajstić information content (AvgIpc) is 3.07. The van der Waals surface area contributed by atoms with Crippen LogP contribution in [0.3, 0.4) is 0 Å². The van der Waals surface area contributed by atoms with Gasteiger partial charge in [0.25, 0.3) is 0 Å². The molecule has 1 aliphatic heterocycles. The molecule has 1 fully saturated rings. The number of carbonyl (C=O) groups is 1. The van der Waals surface area contributed by atoms with E-state index >= 15 is 0 Å². The number of aromatic amines is 1. The number of nitrogens with zero attached hydrogens (tertiary/aromatic N) is 2. The Bertz CT molecular complexity index is 1020. The molecule has 1 amide bonds. The van der Waals surface area contributed by atoms with Gasteiger partial charge in [0.2, 0.25) is 5.91 Å². The predicted octanol–water partition coefficient (Wildman–Crippen LogP) is 2.02. The summed E-state index contributed by atoms with van der Waals surface area (Å²) in [5, 5.41) is 0. The highest BCUT2D eigenvalue weighted by Gasteiger charge is 2.22. The molecule has 27 heavy (non-hydrogen) atoms. The second-order valence-corrected chi connectivity index (χ2v) is 6.59. The molecule has 0 radical (unpaired) electrons. The number of rotatable bonds is 4. The summed E-state index contributed by atoms with van der Waals surface area (Å²) < 4.78 is 10.3. The van der Waals surface area contributed by atoms with Crippen molar-refractivity contribution in [3.63, 3.8) is 0 Å². The molecule has 0 atom stereocenters. The van der Waals surface area contributed by atoms with Gasteiger partial charge in [0.1, 0.15) is 5.75 Å². The molecular formula is C20H21N3O4. The molecule has 3 aromatic rings. The summed E-state index contributed by atoms with van der Waals surface area (Å²) in [7, 11) is 1.62. The molecule has 1 aliphatic rings. The van der Waals surface area contributed by atoms with Crippen LogP contribution in [0.2, 0.25) is 0 Å². The van der Waals surface area contributed by atoms with Gasteiger partial charge in [-0.1, -0.05) is 12.1 Å².